The van der Waals surface area contributed by atoms with E-state index >= 15 is 0 Å². The first-order valence-corrected chi connectivity index (χ1v) is 12.9. The van der Waals surface area contributed by atoms with Crippen molar-refractivity contribution in [2.24, 2.45) is 0 Å². The first-order valence-electron chi connectivity index (χ1n) is 11.4. The molecule has 0 spiro atoms. The predicted octanol–water partition coefficient (Wildman–Crippen LogP) is -2.42. The maximum atomic E-state index is 10.3. The largest absolute Gasteiger partial charge is 1.00 e. The summed E-state index contributed by atoms with van der Waals surface area (Å²) in [6.45, 7) is 1.07. The van der Waals surface area contributed by atoms with E-state index in [1.807, 2.05) is 60.7 Å². The zero-order valence-corrected chi connectivity index (χ0v) is 27.9. The van der Waals surface area contributed by atoms with Crippen LogP contribution in [0.4, 0.5) is 23.0 Å². The SMILES string of the molecule is [Na+].[Na+].[O-]OOSc1cc(SOO[O-])c2ccc(Nc3cccc(Nc4ccc(OCCOCCO)cc4)n3)cc2c1. The summed E-state index contributed by atoms with van der Waals surface area (Å²) in [4.78, 5) is 5.74. The minimum Gasteiger partial charge on any atom is -0.691 e. The summed E-state index contributed by atoms with van der Waals surface area (Å²) in [6, 6.07) is 22.0. The number of aromatic nitrogens is 1. The normalized spacial score (nSPS) is 10.5. The molecule has 0 aliphatic carbocycles. The summed E-state index contributed by atoms with van der Waals surface area (Å²) in [5, 5.41) is 44.2. The van der Waals surface area contributed by atoms with Gasteiger partial charge in [-0.2, -0.15) is 8.67 Å². The Morgan fingerprint density at radius 3 is 2.15 bits per heavy atom. The molecule has 0 fully saturated rings. The molecular formula is C25H23N3Na2O9S2. The standard InChI is InChI=1S/C25H25N3O9S2.2Na/c29-10-11-32-12-13-33-20-7-4-18(5-8-20)26-24-2-1-3-25(28-24)27-19-6-9-22-17(14-19)15-21(38-36-34-30)16-23(22)39-37-35-31;;/h1-9,14-16,29-31H,10-13H2,(H2,26,27,28);;/q;2*+1/p-2. The second-order valence-electron chi connectivity index (χ2n) is 7.66. The van der Waals surface area contributed by atoms with E-state index in [1.165, 1.54) is 0 Å². The second-order valence-corrected chi connectivity index (χ2v) is 9.18. The molecule has 4 aromatic rings. The van der Waals surface area contributed by atoms with E-state index in [4.69, 9.17) is 14.6 Å². The molecule has 3 aromatic carbocycles. The maximum absolute atomic E-state index is 10.3. The predicted molar refractivity (Wildman–Crippen MR) is 141 cm³/mol. The van der Waals surface area contributed by atoms with Crippen molar-refractivity contribution in [3.63, 3.8) is 0 Å². The van der Waals surface area contributed by atoms with Crippen LogP contribution in [0.15, 0.2) is 82.6 Å². The minimum absolute atomic E-state index is 0. The van der Waals surface area contributed by atoms with Gasteiger partial charge in [0.15, 0.2) is 0 Å². The molecule has 0 amide bonds. The molecule has 206 valence electrons. The number of benzene rings is 3. The molecule has 4 rings (SSSR count). The monoisotopic (exact) mass is 619 g/mol. The number of nitrogens with one attached hydrogen (secondary N) is 2. The van der Waals surface area contributed by atoms with Crippen LogP contribution in [0.3, 0.4) is 0 Å². The van der Waals surface area contributed by atoms with Gasteiger partial charge in [-0.25, -0.2) is 4.98 Å². The number of aliphatic hydroxyl groups excluding tert-OH is 1. The van der Waals surface area contributed by atoms with Crippen LogP contribution < -0.4 is 85.0 Å². The number of fused-ring (bicyclic) bond motifs is 1. The molecule has 0 aliphatic heterocycles. The first kappa shape index (κ1) is 36.0. The number of anilines is 4. The molecule has 0 saturated carbocycles. The van der Waals surface area contributed by atoms with Crippen molar-refractivity contribution in [2.45, 2.75) is 9.79 Å². The third-order valence-electron chi connectivity index (χ3n) is 5.08. The van der Waals surface area contributed by atoms with Crippen LogP contribution in [-0.2, 0) is 23.5 Å². The van der Waals surface area contributed by atoms with Gasteiger partial charge in [0.05, 0.1) is 43.9 Å². The summed E-state index contributed by atoms with van der Waals surface area (Å²) >= 11 is 1.45. The van der Waals surface area contributed by atoms with E-state index < -0.39 is 0 Å². The van der Waals surface area contributed by atoms with Gasteiger partial charge in [0.2, 0.25) is 0 Å². The quantitative estimate of drug-likeness (QED) is 0.0400. The fraction of sp³-hybridized carbons (Fsp3) is 0.160. The summed E-state index contributed by atoms with van der Waals surface area (Å²) in [5.74, 6) is 1.94. The summed E-state index contributed by atoms with van der Waals surface area (Å²) in [5.41, 5.74) is 1.58. The van der Waals surface area contributed by atoms with Crippen molar-refractivity contribution in [3.8, 4) is 5.75 Å². The fourth-order valence-corrected chi connectivity index (χ4v) is 4.57. The Kier molecular flexibility index (Phi) is 17.5. The number of aliphatic hydroxyl groups is 1. The topological polar surface area (TPSA) is 159 Å². The van der Waals surface area contributed by atoms with Crippen LogP contribution in [0.25, 0.3) is 10.8 Å². The van der Waals surface area contributed by atoms with Crippen LogP contribution in [0.5, 0.6) is 5.75 Å². The Hall–Kier alpha value is -1.15. The zero-order chi connectivity index (χ0) is 27.3. The van der Waals surface area contributed by atoms with E-state index in [2.05, 4.69) is 34.4 Å². The van der Waals surface area contributed by atoms with Crippen LogP contribution >= 0.6 is 24.1 Å². The number of rotatable bonds is 16. The van der Waals surface area contributed by atoms with Gasteiger partial charge in [0.25, 0.3) is 0 Å². The van der Waals surface area contributed by atoms with Crippen molar-refractivity contribution in [3.05, 3.63) is 72.8 Å². The van der Waals surface area contributed by atoms with E-state index in [0.717, 1.165) is 46.2 Å². The van der Waals surface area contributed by atoms with Crippen LogP contribution in [0, 0.1) is 0 Å². The van der Waals surface area contributed by atoms with Gasteiger partial charge < -0.3 is 35.7 Å². The Morgan fingerprint density at radius 1 is 0.756 bits per heavy atom. The van der Waals surface area contributed by atoms with E-state index in [0.29, 0.717) is 40.4 Å². The summed E-state index contributed by atoms with van der Waals surface area (Å²) < 4.78 is 19.7. The molecule has 1 aromatic heterocycles. The van der Waals surface area contributed by atoms with Gasteiger partial charge in [-0.3, -0.25) is 10.1 Å². The number of ether oxygens (including phenoxy) is 2. The molecule has 0 bridgehead atoms. The van der Waals surface area contributed by atoms with Gasteiger partial charge in [0.1, 0.15) is 24.0 Å². The fourth-order valence-electron chi connectivity index (χ4n) is 3.50. The summed E-state index contributed by atoms with van der Waals surface area (Å²) in [7, 11) is 0. The first-order chi connectivity index (χ1) is 19.2. The van der Waals surface area contributed by atoms with Crippen molar-refractivity contribution in [1.29, 1.82) is 0 Å². The smallest absolute Gasteiger partial charge is 0.691 e. The van der Waals surface area contributed by atoms with Crippen LogP contribution in [0.2, 0.25) is 0 Å². The summed E-state index contributed by atoms with van der Waals surface area (Å²) in [6.07, 6.45) is 0. The van der Waals surface area contributed by atoms with Crippen molar-refractivity contribution >= 4 is 57.9 Å². The van der Waals surface area contributed by atoms with E-state index in [9.17, 15) is 10.5 Å². The Morgan fingerprint density at radius 2 is 1.44 bits per heavy atom. The van der Waals surface area contributed by atoms with Crippen LogP contribution in [-0.4, -0.2) is 36.5 Å². The molecule has 1 heterocycles. The molecule has 0 aliphatic rings. The van der Waals surface area contributed by atoms with Crippen molar-refractivity contribution < 1.29 is 103 Å². The number of pyridine rings is 1. The van der Waals surface area contributed by atoms with Crippen molar-refractivity contribution in [2.75, 3.05) is 37.1 Å². The Bertz CT molecular complexity index is 1340. The molecule has 0 saturated heterocycles. The average molecular weight is 620 g/mol. The Balaban J connectivity index is 0.00000294. The van der Waals surface area contributed by atoms with E-state index in [-0.39, 0.29) is 72.3 Å². The average Bonchev–Trinajstić information content (AvgIpc) is 2.95. The molecule has 16 heteroatoms. The third kappa shape index (κ3) is 11.8. The van der Waals surface area contributed by atoms with Gasteiger partial charge >= 0.3 is 59.1 Å². The van der Waals surface area contributed by atoms with E-state index in [1.54, 1.807) is 12.1 Å². The Labute approximate surface area is 288 Å². The van der Waals surface area contributed by atoms with Gasteiger partial charge in [-0.15, -0.1) is 0 Å². The van der Waals surface area contributed by atoms with Gasteiger partial charge in [-0.1, -0.05) is 12.1 Å². The molecule has 0 atom stereocenters. The maximum Gasteiger partial charge on any atom is 1.00 e. The number of nitrogens with zero attached hydrogens (tertiary/aromatic N) is 1. The second kappa shape index (κ2) is 19.9. The third-order valence-corrected chi connectivity index (χ3v) is 6.27. The number of hydrogen-bond donors (Lipinski definition) is 3. The molecule has 0 radical (unpaired) electrons. The minimum atomic E-state index is -0.0136. The molecule has 41 heavy (non-hydrogen) atoms. The molecule has 0 unspecified atom stereocenters. The zero-order valence-electron chi connectivity index (χ0n) is 22.2. The molecule has 12 nitrogen and oxygen atoms in total. The molecule has 3 N–H and O–H groups in total. The van der Waals surface area contributed by atoms with Gasteiger partial charge in [-0.05, 0) is 71.4 Å². The molecular weight excluding hydrogens is 596 g/mol. The number of hydrogen-bond acceptors (Lipinski definition) is 14. The van der Waals surface area contributed by atoms with Crippen molar-refractivity contribution in [1.82, 2.24) is 4.98 Å². The van der Waals surface area contributed by atoms with Gasteiger partial charge in [0, 0.05) is 21.2 Å². The van der Waals surface area contributed by atoms with Crippen LogP contribution in [0.1, 0.15) is 0 Å².